The van der Waals surface area contributed by atoms with Crippen LogP contribution in [0.15, 0.2) is 18.5 Å². The molecule has 1 saturated heterocycles. The van der Waals surface area contributed by atoms with Gasteiger partial charge in [0.2, 0.25) is 5.95 Å². The number of aromatic amines is 1. The predicted molar refractivity (Wildman–Crippen MR) is 101 cm³/mol. The number of aryl methyl sites for hydroxylation is 1. The summed E-state index contributed by atoms with van der Waals surface area (Å²) in [6.07, 6.45) is 5.54. The lowest BCUT2D eigenvalue weighted by Crippen LogP contribution is -2.36. The second-order valence-electron chi connectivity index (χ2n) is 6.56. The topological polar surface area (TPSA) is 115 Å². The molecule has 10 heteroatoms. The van der Waals surface area contributed by atoms with Crippen LogP contribution in [0.2, 0.25) is 0 Å². The van der Waals surface area contributed by atoms with Crippen molar-refractivity contribution >= 4 is 5.95 Å². The van der Waals surface area contributed by atoms with Gasteiger partial charge in [-0.2, -0.15) is 9.97 Å². The van der Waals surface area contributed by atoms with Gasteiger partial charge in [-0.1, -0.05) is 0 Å². The van der Waals surface area contributed by atoms with E-state index in [0.29, 0.717) is 5.95 Å². The Labute approximate surface area is 162 Å². The molecule has 0 spiro atoms. The second-order valence-corrected chi connectivity index (χ2v) is 6.56. The minimum absolute atomic E-state index is 0.234. The van der Waals surface area contributed by atoms with E-state index in [1.807, 2.05) is 13.0 Å². The molecule has 0 unspecified atom stereocenters. The van der Waals surface area contributed by atoms with Crippen molar-refractivity contribution in [2.24, 2.45) is 0 Å². The summed E-state index contributed by atoms with van der Waals surface area (Å²) in [5.41, 5.74) is 1.80. The molecule has 0 aliphatic carbocycles. The molecule has 1 aliphatic heterocycles. The van der Waals surface area contributed by atoms with E-state index in [4.69, 9.17) is 9.47 Å². The van der Waals surface area contributed by atoms with Crippen molar-refractivity contribution in [1.82, 2.24) is 34.9 Å². The summed E-state index contributed by atoms with van der Waals surface area (Å²) >= 11 is 0. The number of methoxy groups -OCH3 is 2. The lowest BCUT2D eigenvalue weighted by molar-refractivity contribution is 0.338. The van der Waals surface area contributed by atoms with Crippen molar-refractivity contribution in [2.75, 3.05) is 32.2 Å². The average molecular weight is 382 g/mol. The van der Waals surface area contributed by atoms with Gasteiger partial charge in [0.25, 0.3) is 0 Å². The number of rotatable bonds is 5. The molecule has 1 atom stereocenters. The molecule has 1 N–H and O–H groups in total. The molecule has 3 aromatic heterocycles. The SMILES string of the molecule is COc1nc(OC)nc(N2CCC[C@H](c3cc(-c4ncc[nH]4)nc(C)n3)C2)n1. The van der Waals surface area contributed by atoms with Crippen LogP contribution >= 0.6 is 0 Å². The Morgan fingerprint density at radius 1 is 1.07 bits per heavy atom. The van der Waals surface area contributed by atoms with Gasteiger partial charge in [0.15, 0.2) is 5.82 Å². The van der Waals surface area contributed by atoms with Crippen LogP contribution in [0, 0.1) is 6.92 Å². The van der Waals surface area contributed by atoms with Crippen LogP contribution in [0.1, 0.15) is 30.3 Å². The van der Waals surface area contributed by atoms with Crippen LogP contribution in [0.3, 0.4) is 0 Å². The van der Waals surface area contributed by atoms with Gasteiger partial charge in [-0.15, -0.1) is 4.98 Å². The number of piperidine rings is 1. The van der Waals surface area contributed by atoms with E-state index < -0.39 is 0 Å². The first kappa shape index (κ1) is 18.1. The summed E-state index contributed by atoms with van der Waals surface area (Å²) < 4.78 is 10.3. The Hall–Kier alpha value is -3.30. The maximum absolute atomic E-state index is 5.17. The molecular formula is C18H22N8O2. The Morgan fingerprint density at radius 2 is 1.86 bits per heavy atom. The number of H-pyrrole nitrogens is 1. The van der Waals surface area contributed by atoms with Crippen LogP contribution in [-0.4, -0.2) is 62.2 Å². The van der Waals surface area contributed by atoms with Gasteiger partial charge >= 0.3 is 12.0 Å². The maximum Gasteiger partial charge on any atom is 0.324 e. The average Bonchev–Trinajstić information content (AvgIpc) is 3.28. The van der Waals surface area contributed by atoms with Gasteiger partial charge in [0.05, 0.1) is 14.2 Å². The number of anilines is 1. The zero-order chi connectivity index (χ0) is 19.5. The molecule has 0 saturated carbocycles. The summed E-state index contributed by atoms with van der Waals surface area (Å²) in [7, 11) is 3.05. The van der Waals surface area contributed by atoms with E-state index in [9.17, 15) is 0 Å². The lowest BCUT2D eigenvalue weighted by Gasteiger charge is -2.32. The maximum atomic E-state index is 5.17. The van der Waals surface area contributed by atoms with Crippen molar-refractivity contribution in [1.29, 1.82) is 0 Å². The molecule has 0 radical (unpaired) electrons. The standard InChI is InChI=1S/C18H22N8O2/c1-11-21-13(9-14(22-11)15-19-6-7-20-15)12-5-4-8-26(10-12)16-23-17(27-2)25-18(24-16)28-3/h6-7,9,12H,4-5,8,10H2,1-3H3,(H,19,20)/t12-/m0/s1. The quantitative estimate of drug-likeness (QED) is 0.704. The highest BCUT2D eigenvalue weighted by molar-refractivity contribution is 5.50. The molecular weight excluding hydrogens is 360 g/mol. The molecule has 1 aliphatic rings. The number of ether oxygens (including phenoxy) is 2. The molecule has 146 valence electrons. The molecule has 28 heavy (non-hydrogen) atoms. The summed E-state index contributed by atoms with van der Waals surface area (Å²) in [6.45, 7) is 3.49. The van der Waals surface area contributed by atoms with Crippen molar-refractivity contribution in [2.45, 2.75) is 25.7 Å². The molecule has 4 rings (SSSR count). The minimum Gasteiger partial charge on any atom is -0.467 e. The number of aromatic nitrogens is 7. The third-order valence-electron chi connectivity index (χ3n) is 4.67. The number of hydrogen-bond donors (Lipinski definition) is 1. The van der Waals surface area contributed by atoms with E-state index in [0.717, 1.165) is 49.0 Å². The number of nitrogens with zero attached hydrogens (tertiary/aromatic N) is 7. The fraction of sp³-hybridized carbons (Fsp3) is 0.444. The van der Waals surface area contributed by atoms with Crippen LogP contribution in [0.5, 0.6) is 12.0 Å². The van der Waals surface area contributed by atoms with Crippen LogP contribution in [0.4, 0.5) is 5.95 Å². The Morgan fingerprint density at radius 3 is 2.54 bits per heavy atom. The number of nitrogens with one attached hydrogen (secondary N) is 1. The summed E-state index contributed by atoms with van der Waals surface area (Å²) in [5, 5.41) is 0. The van der Waals surface area contributed by atoms with Gasteiger partial charge < -0.3 is 19.4 Å². The van der Waals surface area contributed by atoms with Gasteiger partial charge in [0.1, 0.15) is 11.5 Å². The van der Waals surface area contributed by atoms with E-state index in [1.54, 1.807) is 12.4 Å². The van der Waals surface area contributed by atoms with E-state index >= 15 is 0 Å². The lowest BCUT2D eigenvalue weighted by atomic mass is 9.94. The summed E-state index contributed by atoms with van der Waals surface area (Å²) in [5.74, 6) is 2.25. The van der Waals surface area contributed by atoms with Crippen LogP contribution in [0.25, 0.3) is 11.5 Å². The van der Waals surface area contributed by atoms with Gasteiger partial charge in [-0.25, -0.2) is 15.0 Å². The minimum atomic E-state index is 0.234. The van der Waals surface area contributed by atoms with Gasteiger partial charge in [-0.3, -0.25) is 0 Å². The Bertz CT molecular complexity index is 925. The molecule has 0 amide bonds. The third kappa shape index (κ3) is 3.71. The van der Waals surface area contributed by atoms with Crippen LogP contribution in [-0.2, 0) is 0 Å². The Balaban J connectivity index is 1.61. The normalized spacial score (nSPS) is 16.8. The Kier molecular flexibility index (Phi) is 5.00. The van der Waals surface area contributed by atoms with E-state index in [-0.39, 0.29) is 17.9 Å². The number of hydrogen-bond acceptors (Lipinski definition) is 9. The van der Waals surface area contributed by atoms with Crippen molar-refractivity contribution < 1.29 is 9.47 Å². The zero-order valence-electron chi connectivity index (χ0n) is 16.1. The molecule has 10 nitrogen and oxygen atoms in total. The molecule has 0 aromatic carbocycles. The molecule has 0 bridgehead atoms. The van der Waals surface area contributed by atoms with Crippen LogP contribution < -0.4 is 14.4 Å². The van der Waals surface area contributed by atoms with Crippen molar-refractivity contribution in [3.8, 4) is 23.5 Å². The number of imidazole rings is 1. The van der Waals surface area contributed by atoms with Gasteiger partial charge in [0, 0.05) is 37.1 Å². The summed E-state index contributed by atoms with van der Waals surface area (Å²) in [6, 6.07) is 2.48. The highest BCUT2D eigenvalue weighted by Gasteiger charge is 2.26. The van der Waals surface area contributed by atoms with Gasteiger partial charge in [-0.05, 0) is 25.8 Å². The molecule has 3 aromatic rings. The predicted octanol–water partition coefficient (Wildman–Crippen LogP) is 1.76. The monoisotopic (exact) mass is 382 g/mol. The van der Waals surface area contributed by atoms with E-state index in [2.05, 4.69) is 39.8 Å². The van der Waals surface area contributed by atoms with Crippen molar-refractivity contribution in [3.63, 3.8) is 0 Å². The highest BCUT2D eigenvalue weighted by atomic mass is 16.5. The first-order chi connectivity index (χ1) is 13.7. The summed E-state index contributed by atoms with van der Waals surface area (Å²) in [4.78, 5) is 31.5. The smallest absolute Gasteiger partial charge is 0.324 e. The third-order valence-corrected chi connectivity index (χ3v) is 4.67. The second kappa shape index (κ2) is 7.75. The molecule has 4 heterocycles. The van der Waals surface area contributed by atoms with Crippen molar-refractivity contribution in [3.05, 3.63) is 30.0 Å². The molecule has 1 fully saturated rings. The fourth-order valence-corrected chi connectivity index (χ4v) is 3.38. The largest absolute Gasteiger partial charge is 0.467 e. The fourth-order valence-electron chi connectivity index (χ4n) is 3.38. The van der Waals surface area contributed by atoms with E-state index in [1.165, 1.54) is 14.2 Å². The highest BCUT2D eigenvalue weighted by Crippen LogP contribution is 2.30. The first-order valence-corrected chi connectivity index (χ1v) is 9.10. The first-order valence-electron chi connectivity index (χ1n) is 9.10. The zero-order valence-corrected chi connectivity index (χ0v) is 16.1.